The molecule has 27 heavy (non-hydrogen) atoms. The van der Waals surface area contributed by atoms with Crippen LogP contribution >= 0.6 is 0 Å². The topological polar surface area (TPSA) is 136 Å². The second-order valence-corrected chi connectivity index (χ2v) is 6.30. The molecule has 8 heteroatoms. The number of benzene rings is 1. The van der Waals surface area contributed by atoms with Crippen LogP contribution in [0.1, 0.15) is 11.1 Å². The monoisotopic (exact) mass is 372 g/mol. The Morgan fingerprint density at radius 3 is 2.48 bits per heavy atom. The van der Waals surface area contributed by atoms with Crippen molar-refractivity contribution in [3.63, 3.8) is 0 Å². The summed E-state index contributed by atoms with van der Waals surface area (Å²) in [6.45, 7) is 1.15. The van der Waals surface area contributed by atoms with E-state index in [2.05, 4.69) is 4.98 Å². The van der Waals surface area contributed by atoms with Crippen molar-refractivity contribution in [2.75, 3.05) is 6.61 Å². The maximum Gasteiger partial charge on any atom is 0.234 e. The molecular weight excluding hydrogens is 352 g/mol. The molecule has 0 unspecified atom stereocenters. The molecule has 142 valence electrons. The lowest BCUT2D eigenvalue weighted by Gasteiger charge is -2.39. The lowest BCUT2D eigenvalue weighted by molar-refractivity contribution is -0.278. The number of nitriles is 1. The Morgan fingerprint density at radius 2 is 1.85 bits per heavy atom. The molecule has 1 saturated heterocycles. The Balaban J connectivity index is 1.96. The molecule has 1 aliphatic heterocycles. The SMILES string of the molecule is Cc1cc(-c2ccccc2)nc(O[C@@H]2O[C@H](CO)[C@@H](O)[C@H](O)[C@H]2O)c1C#N. The van der Waals surface area contributed by atoms with E-state index in [1.807, 2.05) is 36.4 Å². The molecule has 2 aromatic rings. The number of ether oxygens (including phenoxy) is 2. The number of aryl methyl sites for hydroxylation is 1. The highest BCUT2D eigenvalue weighted by Gasteiger charge is 2.45. The highest BCUT2D eigenvalue weighted by Crippen LogP contribution is 2.29. The van der Waals surface area contributed by atoms with Gasteiger partial charge in [-0.15, -0.1) is 0 Å². The zero-order valence-corrected chi connectivity index (χ0v) is 14.6. The summed E-state index contributed by atoms with van der Waals surface area (Å²) in [6.07, 6.45) is -7.18. The normalized spacial score (nSPS) is 27.8. The summed E-state index contributed by atoms with van der Waals surface area (Å²) in [5, 5.41) is 48.6. The molecule has 8 nitrogen and oxygen atoms in total. The van der Waals surface area contributed by atoms with Gasteiger partial charge in [0, 0.05) is 5.56 Å². The largest absolute Gasteiger partial charge is 0.444 e. The fourth-order valence-electron chi connectivity index (χ4n) is 2.90. The van der Waals surface area contributed by atoms with Gasteiger partial charge in [-0.05, 0) is 18.6 Å². The molecule has 1 aromatic heterocycles. The van der Waals surface area contributed by atoms with Gasteiger partial charge >= 0.3 is 0 Å². The molecule has 4 N–H and O–H groups in total. The summed E-state index contributed by atoms with van der Waals surface area (Å²) >= 11 is 0. The first-order valence-corrected chi connectivity index (χ1v) is 8.40. The second kappa shape index (κ2) is 8.00. The highest BCUT2D eigenvalue weighted by atomic mass is 16.7. The van der Waals surface area contributed by atoms with Crippen LogP contribution in [0.3, 0.4) is 0 Å². The third-order valence-corrected chi connectivity index (χ3v) is 4.44. The van der Waals surface area contributed by atoms with Gasteiger partial charge in [0.1, 0.15) is 36.0 Å². The van der Waals surface area contributed by atoms with E-state index in [0.717, 1.165) is 5.56 Å². The zero-order chi connectivity index (χ0) is 19.6. The fourth-order valence-corrected chi connectivity index (χ4v) is 2.90. The molecule has 0 spiro atoms. The van der Waals surface area contributed by atoms with Crippen molar-refractivity contribution in [1.29, 1.82) is 5.26 Å². The lowest BCUT2D eigenvalue weighted by atomic mass is 9.99. The number of aliphatic hydroxyl groups is 4. The van der Waals surface area contributed by atoms with E-state index in [4.69, 9.17) is 9.47 Å². The summed E-state index contributed by atoms with van der Waals surface area (Å²) in [5.41, 5.74) is 2.15. The first kappa shape index (κ1) is 19.2. The zero-order valence-electron chi connectivity index (χ0n) is 14.6. The average Bonchev–Trinajstić information content (AvgIpc) is 2.68. The molecule has 0 radical (unpaired) electrons. The van der Waals surface area contributed by atoms with E-state index >= 15 is 0 Å². The summed E-state index contributed by atoms with van der Waals surface area (Å²) in [7, 11) is 0. The number of hydrogen-bond acceptors (Lipinski definition) is 8. The molecule has 0 amide bonds. The van der Waals surface area contributed by atoms with Gasteiger partial charge in [0.25, 0.3) is 0 Å². The van der Waals surface area contributed by atoms with Crippen molar-refractivity contribution >= 4 is 0 Å². The first-order chi connectivity index (χ1) is 13.0. The van der Waals surface area contributed by atoms with Crippen molar-refractivity contribution in [3.8, 4) is 23.2 Å². The Hall–Kier alpha value is -2.54. The maximum absolute atomic E-state index is 10.1. The minimum atomic E-state index is -1.59. The van der Waals surface area contributed by atoms with Crippen molar-refractivity contribution in [1.82, 2.24) is 4.98 Å². The van der Waals surface area contributed by atoms with Gasteiger partial charge in [-0.1, -0.05) is 30.3 Å². The Kier molecular flexibility index (Phi) is 5.70. The standard InChI is InChI=1S/C19H20N2O6/c1-10-7-13(11-5-3-2-4-6-11)21-18(12(10)8-20)27-19-17(25)16(24)15(23)14(9-22)26-19/h2-7,14-17,19,22-25H,9H2,1H3/t14-,15-,16+,17-,19+/m1/s1. The van der Waals surface area contributed by atoms with Crippen LogP contribution in [-0.2, 0) is 4.74 Å². The molecule has 1 fully saturated rings. The molecule has 3 rings (SSSR count). The van der Waals surface area contributed by atoms with Gasteiger partial charge in [-0.25, -0.2) is 4.98 Å². The third-order valence-electron chi connectivity index (χ3n) is 4.44. The number of rotatable bonds is 4. The summed E-state index contributed by atoms with van der Waals surface area (Å²) in [5.74, 6) is -0.0688. The maximum atomic E-state index is 10.1. The predicted octanol–water partition coefficient (Wildman–Crippen LogP) is 0.107. The molecule has 5 atom stereocenters. The van der Waals surface area contributed by atoms with Crippen molar-refractivity contribution in [2.24, 2.45) is 0 Å². The second-order valence-electron chi connectivity index (χ2n) is 6.30. The van der Waals surface area contributed by atoms with Gasteiger partial charge in [0.15, 0.2) is 0 Å². The summed E-state index contributed by atoms with van der Waals surface area (Å²) in [6, 6.07) is 13.0. The van der Waals surface area contributed by atoms with E-state index in [1.165, 1.54) is 0 Å². The summed E-state index contributed by atoms with van der Waals surface area (Å²) in [4.78, 5) is 4.36. The Bertz CT molecular complexity index is 836. The molecule has 1 aliphatic rings. The van der Waals surface area contributed by atoms with Crippen LogP contribution < -0.4 is 4.74 Å². The quantitative estimate of drug-likeness (QED) is 0.594. The van der Waals surface area contributed by atoms with Crippen LogP contribution in [-0.4, -0.2) is 62.7 Å². The number of hydrogen-bond donors (Lipinski definition) is 4. The van der Waals surface area contributed by atoms with Crippen LogP contribution in [0.2, 0.25) is 0 Å². The van der Waals surface area contributed by atoms with E-state index in [-0.39, 0.29) is 11.4 Å². The molecule has 0 bridgehead atoms. The smallest absolute Gasteiger partial charge is 0.234 e. The van der Waals surface area contributed by atoms with Gasteiger partial charge in [0.2, 0.25) is 12.2 Å². The minimum absolute atomic E-state index is 0.0688. The van der Waals surface area contributed by atoms with Gasteiger partial charge < -0.3 is 29.9 Å². The van der Waals surface area contributed by atoms with E-state index in [1.54, 1.807) is 13.0 Å². The minimum Gasteiger partial charge on any atom is -0.444 e. The molecular formula is C19H20N2O6. The third kappa shape index (κ3) is 3.78. The van der Waals surface area contributed by atoms with Gasteiger partial charge in [-0.2, -0.15) is 5.26 Å². The van der Waals surface area contributed by atoms with Crippen LogP contribution in [0, 0.1) is 18.3 Å². The van der Waals surface area contributed by atoms with Crippen LogP contribution in [0.5, 0.6) is 5.88 Å². The van der Waals surface area contributed by atoms with E-state index in [9.17, 15) is 25.7 Å². The molecule has 1 aromatic carbocycles. The fraction of sp³-hybridized carbons (Fsp3) is 0.368. The number of pyridine rings is 1. The first-order valence-electron chi connectivity index (χ1n) is 8.40. The van der Waals surface area contributed by atoms with E-state index in [0.29, 0.717) is 11.3 Å². The number of nitrogens with zero attached hydrogens (tertiary/aromatic N) is 2. The average molecular weight is 372 g/mol. The summed E-state index contributed by atoms with van der Waals surface area (Å²) < 4.78 is 10.9. The highest BCUT2D eigenvalue weighted by molar-refractivity contribution is 5.63. The van der Waals surface area contributed by atoms with Crippen molar-refractivity contribution < 1.29 is 29.9 Å². The van der Waals surface area contributed by atoms with Gasteiger partial charge in [-0.3, -0.25) is 0 Å². The van der Waals surface area contributed by atoms with Crippen molar-refractivity contribution in [3.05, 3.63) is 47.5 Å². The molecule has 0 saturated carbocycles. The van der Waals surface area contributed by atoms with Crippen LogP contribution in [0.25, 0.3) is 11.3 Å². The van der Waals surface area contributed by atoms with E-state index < -0.39 is 37.3 Å². The molecule has 0 aliphatic carbocycles. The van der Waals surface area contributed by atoms with Gasteiger partial charge in [0.05, 0.1) is 12.3 Å². The van der Waals surface area contributed by atoms with Crippen LogP contribution in [0.4, 0.5) is 0 Å². The van der Waals surface area contributed by atoms with Crippen molar-refractivity contribution in [2.45, 2.75) is 37.6 Å². The van der Waals surface area contributed by atoms with Crippen LogP contribution in [0.15, 0.2) is 36.4 Å². The predicted molar refractivity (Wildman–Crippen MR) is 93.5 cm³/mol. The lowest BCUT2D eigenvalue weighted by Crippen LogP contribution is -2.60. The number of aromatic nitrogens is 1. The Labute approximate surface area is 155 Å². The Morgan fingerprint density at radius 1 is 1.15 bits per heavy atom. The molecule has 2 heterocycles. The number of aliphatic hydroxyl groups excluding tert-OH is 4.